The molecule has 0 aliphatic rings. The van der Waals surface area contributed by atoms with E-state index in [9.17, 15) is 4.79 Å². The van der Waals surface area contributed by atoms with Crippen molar-refractivity contribution in [3.05, 3.63) is 64.1 Å². The van der Waals surface area contributed by atoms with Crippen LogP contribution >= 0.6 is 15.9 Å². The molecule has 3 N–H and O–H groups in total. The van der Waals surface area contributed by atoms with Crippen LogP contribution in [0.25, 0.3) is 0 Å². The number of primary amides is 1. The van der Waals surface area contributed by atoms with Crippen LogP contribution in [0.4, 0.5) is 5.69 Å². The summed E-state index contributed by atoms with van der Waals surface area (Å²) < 4.78 is 0.849. The largest absolute Gasteiger partial charge is 0.368 e. The second-order valence-electron chi connectivity index (χ2n) is 4.96. The van der Waals surface area contributed by atoms with E-state index < -0.39 is 11.4 Å². The van der Waals surface area contributed by atoms with Crippen LogP contribution in [-0.2, 0) is 10.3 Å². The van der Waals surface area contributed by atoms with Gasteiger partial charge in [-0.15, -0.1) is 0 Å². The lowest BCUT2D eigenvalue weighted by Gasteiger charge is -2.30. The minimum atomic E-state index is -0.978. The number of nitrogens with two attached hydrogens (primary N) is 1. The van der Waals surface area contributed by atoms with Crippen LogP contribution in [0.3, 0.4) is 0 Å². The summed E-state index contributed by atoms with van der Waals surface area (Å²) in [6, 6.07) is 15.4. The molecule has 20 heavy (non-hydrogen) atoms. The minimum absolute atomic E-state index is 0.425. The number of nitrogens with one attached hydrogen (secondary N) is 1. The molecule has 0 radical (unpaired) electrons. The van der Waals surface area contributed by atoms with Crippen LogP contribution < -0.4 is 11.1 Å². The van der Waals surface area contributed by atoms with Gasteiger partial charge in [-0.25, -0.2) is 0 Å². The smallest absolute Gasteiger partial charge is 0.247 e. The monoisotopic (exact) mass is 332 g/mol. The molecule has 2 aromatic carbocycles. The highest BCUT2D eigenvalue weighted by atomic mass is 79.9. The summed E-state index contributed by atoms with van der Waals surface area (Å²) in [4.78, 5) is 12.0. The van der Waals surface area contributed by atoms with Gasteiger partial charge in [-0.2, -0.15) is 0 Å². The van der Waals surface area contributed by atoms with Gasteiger partial charge in [-0.1, -0.05) is 46.3 Å². The van der Waals surface area contributed by atoms with Gasteiger partial charge < -0.3 is 11.1 Å². The van der Waals surface area contributed by atoms with Crippen LogP contribution in [0.2, 0.25) is 0 Å². The average Bonchev–Trinajstić information content (AvgIpc) is 2.38. The van der Waals surface area contributed by atoms with E-state index in [4.69, 9.17) is 5.73 Å². The van der Waals surface area contributed by atoms with Gasteiger partial charge in [0.05, 0.1) is 0 Å². The maximum atomic E-state index is 12.0. The third-order valence-corrected chi connectivity index (χ3v) is 4.01. The zero-order valence-electron chi connectivity index (χ0n) is 11.5. The number of carbonyl (C=O) groups is 1. The van der Waals surface area contributed by atoms with Gasteiger partial charge in [-0.3, -0.25) is 4.79 Å². The molecule has 1 unspecified atom stereocenters. The maximum Gasteiger partial charge on any atom is 0.247 e. The molecule has 0 spiro atoms. The van der Waals surface area contributed by atoms with Crippen molar-refractivity contribution in [2.75, 3.05) is 5.32 Å². The molecule has 2 aromatic rings. The van der Waals surface area contributed by atoms with E-state index in [1.54, 1.807) is 6.92 Å². The van der Waals surface area contributed by atoms with Gasteiger partial charge in [0.25, 0.3) is 0 Å². The molecule has 0 aliphatic heterocycles. The quantitative estimate of drug-likeness (QED) is 0.899. The van der Waals surface area contributed by atoms with Gasteiger partial charge in [0.2, 0.25) is 5.91 Å². The van der Waals surface area contributed by atoms with Crippen molar-refractivity contribution in [1.29, 1.82) is 0 Å². The highest BCUT2D eigenvalue weighted by molar-refractivity contribution is 9.10. The molecule has 0 aromatic heterocycles. The molecule has 104 valence electrons. The molecular weight excluding hydrogens is 316 g/mol. The van der Waals surface area contributed by atoms with Crippen LogP contribution in [-0.4, -0.2) is 5.91 Å². The zero-order valence-corrected chi connectivity index (χ0v) is 13.1. The average molecular weight is 333 g/mol. The molecule has 0 saturated carbocycles. The van der Waals surface area contributed by atoms with Crippen molar-refractivity contribution in [2.45, 2.75) is 19.4 Å². The summed E-state index contributed by atoms with van der Waals surface area (Å²) in [5.41, 5.74) is 7.45. The number of amides is 1. The topological polar surface area (TPSA) is 55.1 Å². The molecule has 0 heterocycles. The van der Waals surface area contributed by atoms with Crippen molar-refractivity contribution in [2.24, 2.45) is 5.73 Å². The van der Waals surface area contributed by atoms with Crippen molar-refractivity contribution < 1.29 is 4.79 Å². The van der Waals surface area contributed by atoms with Gasteiger partial charge in [0.1, 0.15) is 5.54 Å². The first-order valence-electron chi connectivity index (χ1n) is 6.33. The third-order valence-electron chi connectivity index (χ3n) is 3.32. The SMILES string of the molecule is Cc1cccc(NC(C)(C(N)=O)c2ccccc2Br)c1. The molecule has 2 rings (SSSR count). The number of halogens is 1. The summed E-state index contributed by atoms with van der Waals surface area (Å²) in [6.45, 7) is 3.79. The fourth-order valence-electron chi connectivity index (χ4n) is 2.14. The second kappa shape index (κ2) is 5.67. The summed E-state index contributed by atoms with van der Waals surface area (Å²) in [5.74, 6) is -0.425. The number of anilines is 1. The van der Waals surface area contributed by atoms with Crippen molar-refractivity contribution in [3.8, 4) is 0 Å². The number of hydrogen-bond acceptors (Lipinski definition) is 2. The van der Waals surface area contributed by atoms with Gasteiger partial charge in [0, 0.05) is 15.7 Å². The van der Waals surface area contributed by atoms with E-state index in [2.05, 4.69) is 21.2 Å². The number of benzene rings is 2. The Balaban J connectivity index is 2.46. The lowest BCUT2D eigenvalue weighted by molar-refractivity contribution is -0.122. The van der Waals surface area contributed by atoms with Gasteiger partial charge >= 0.3 is 0 Å². The first kappa shape index (κ1) is 14.6. The summed E-state index contributed by atoms with van der Waals surface area (Å²) >= 11 is 3.48. The van der Waals surface area contributed by atoms with Crippen LogP contribution in [0.1, 0.15) is 18.1 Å². The Morgan fingerprint density at radius 2 is 1.90 bits per heavy atom. The standard InChI is InChI=1S/C16H17BrN2O/c1-11-6-5-7-12(10-11)19-16(2,15(18)20)13-8-3-4-9-14(13)17/h3-10,19H,1-2H3,(H2,18,20). The maximum absolute atomic E-state index is 12.0. The number of rotatable bonds is 4. The highest BCUT2D eigenvalue weighted by Gasteiger charge is 2.34. The van der Waals surface area contributed by atoms with E-state index in [0.29, 0.717) is 0 Å². The Kier molecular flexibility index (Phi) is 4.14. The molecule has 3 nitrogen and oxygen atoms in total. The van der Waals surface area contributed by atoms with Gasteiger partial charge in [0.15, 0.2) is 0 Å². The Morgan fingerprint density at radius 1 is 1.20 bits per heavy atom. The molecule has 1 amide bonds. The first-order chi connectivity index (χ1) is 9.43. The molecule has 4 heteroatoms. The molecule has 0 aliphatic carbocycles. The van der Waals surface area contributed by atoms with Crippen molar-refractivity contribution in [1.82, 2.24) is 0 Å². The van der Waals surface area contributed by atoms with E-state index >= 15 is 0 Å². The fraction of sp³-hybridized carbons (Fsp3) is 0.188. The van der Waals surface area contributed by atoms with E-state index in [1.165, 1.54) is 0 Å². The third kappa shape index (κ3) is 2.85. The molecule has 0 bridgehead atoms. The highest BCUT2D eigenvalue weighted by Crippen LogP contribution is 2.31. The molecule has 0 fully saturated rings. The lowest BCUT2D eigenvalue weighted by atomic mass is 9.90. The summed E-state index contributed by atoms with van der Waals surface area (Å²) in [7, 11) is 0. The number of carbonyl (C=O) groups excluding carboxylic acids is 1. The van der Waals surface area contributed by atoms with Gasteiger partial charge in [-0.05, 0) is 37.6 Å². The second-order valence-corrected chi connectivity index (χ2v) is 5.82. The fourth-order valence-corrected chi connectivity index (χ4v) is 2.82. The minimum Gasteiger partial charge on any atom is -0.368 e. The van der Waals surface area contributed by atoms with E-state index in [-0.39, 0.29) is 0 Å². The summed E-state index contributed by atoms with van der Waals surface area (Å²) in [5, 5.41) is 3.25. The Hall–Kier alpha value is -1.81. The molecule has 0 saturated heterocycles. The zero-order chi connectivity index (χ0) is 14.8. The van der Waals surface area contributed by atoms with Crippen LogP contribution in [0, 0.1) is 6.92 Å². The lowest BCUT2D eigenvalue weighted by Crippen LogP contribution is -2.45. The predicted molar refractivity (Wildman–Crippen MR) is 85.5 cm³/mol. The van der Waals surface area contributed by atoms with Crippen molar-refractivity contribution in [3.63, 3.8) is 0 Å². The normalized spacial score (nSPS) is 13.6. The van der Waals surface area contributed by atoms with Crippen LogP contribution in [0.5, 0.6) is 0 Å². The summed E-state index contributed by atoms with van der Waals surface area (Å²) in [6.07, 6.45) is 0. The first-order valence-corrected chi connectivity index (χ1v) is 7.12. The Labute approximate surface area is 127 Å². The Bertz CT molecular complexity index is 642. The van der Waals surface area contributed by atoms with Crippen LogP contribution in [0.15, 0.2) is 53.0 Å². The van der Waals surface area contributed by atoms with E-state index in [1.807, 2.05) is 55.5 Å². The van der Waals surface area contributed by atoms with E-state index in [0.717, 1.165) is 21.3 Å². The molecular formula is C16H17BrN2O. The molecule has 1 atom stereocenters. The van der Waals surface area contributed by atoms with Crippen molar-refractivity contribution >= 4 is 27.5 Å². The number of hydrogen-bond donors (Lipinski definition) is 2. The number of aryl methyl sites for hydroxylation is 1. The predicted octanol–water partition coefficient (Wildman–Crippen LogP) is 3.57. The Morgan fingerprint density at radius 3 is 2.50 bits per heavy atom.